The molecule has 0 spiro atoms. The van der Waals surface area contributed by atoms with Gasteiger partial charge in [0.1, 0.15) is 0 Å². The van der Waals surface area contributed by atoms with Crippen LogP contribution in [0.5, 0.6) is 0 Å². The van der Waals surface area contributed by atoms with Gasteiger partial charge < -0.3 is 10.1 Å². The molecule has 1 N–H and O–H groups in total. The Kier molecular flexibility index (Phi) is 4.65. The van der Waals surface area contributed by atoms with E-state index in [1.807, 2.05) is 18.2 Å². The monoisotopic (exact) mass is 287 g/mol. The van der Waals surface area contributed by atoms with Gasteiger partial charge in [-0.05, 0) is 37.1 Å². The minimum atomic E-state index is -0.883. The molecule has 0 amide bonds. The van der Waals surface area contributed by atoms with Crippen molar-refractivity contribution in [3.05, 3.63) is 28.8 Å². The Morgan fingerprint density at radius 2 is 2.33 bits per heavy atom. The Bertz CT molecular complexity index is 453. The molecular weight excluding hydrogens is 270 g/mol. The second kappa shape index (κ2) is 6.04. The summed E-state index contributed by atoms with van der Waals surface area (Å²) in [6.07, 6.45) is 2.92. The summed E-state index contributed by atoms with van der Waals surface area (Å²) in [7, 11) is -0.883. The SMILES string of the molecule is C[C@@H]1OCC[C@@H]1Nc1ccc(Cl)c(C[S@](C)=O)c1. The van der Waals surface area contributed by atoms with Crippen molar-refractivity contribution < 1.29 is 8.95 Å². The Morgan fingerprint density at radius 1 is 1.56 bits per heavy atom. The number of halogens is 1. The standard InChI is InChI=1S/C13H18ClNO2S/c1-9-13(5-6-17-9)15-11-3-4-12(14)10(7-11)8-18(2)16/h3-4,7,9,13,15H,5-6,8H2,1-2H3/t9-,13-,18-/m0/s1. The van der Waals surface area contributed by atoms with Crippen molar-refractivity contribution in [1.82, 2.24) is 0 Å². The summed E-state index contributed by atoms with van der Waals surface area (Å²) in [5.41, 5.74) is 1.94. The Hall–Kier alpha value is -0.580. The first-order chi connectivity index (χ1) is 8.56. The lowest BCUT2D eigenvalue weighted by molar-refractivity contribution is 0.121. The molecule has 1 saturated heterocycles. The lowest BCUT2D eigenvalue weighted by Crippen LogP contribution is -2.26. The molecule has 3 atom stereocenters. The molecule has 1 aliphatic rings. The van der Waals surface area contributed by atoms with Crippen molar-refractivity contribution in [3.63, 3.8) is 0 Å². The zero-order valence-corrected chi connectivity index (χ0v) is 12.2. The van der Waals surface area contributed by atoms with Crippen LogP contribution in [0.2, 0.25) is 5.02 Å². The summed E-state index contributed by atoms with van der Waals surface area (Å²) >= 11 is 6.10. The number of hydrogen-bond acceptors (Lipinski definition) is 3. The van der Waals surface area contributed by atoms with Gasteiger partial charge in [-0.3, -0.25) is 4.21 Å². The van der Waals surface area contributed by atoms with Crippen molar-refractivity contribution in [2.45, 2.75) is 31.2 Å². The van der Waals surface area contributed by atoms with Crippen LogP contribution in [0.15, 0.2) is 18.2 Å². The van der Waals surface area contributed by atoms with Gasteiger partial charge >= 0.3 is 0 Å². The van der Waals surface area contributed by atoms with Crippen molar-refractivity contribution in [3.8, 4) is 0 Å². The van der Waals surface area contributed by atoms with E-state index in [1.54, 1.807) is 6.26 Å². The maximum absolute atomic E-state index is 11.3. The van der Waals surface area contributed by atoms with Crippen molar-refractivity contribution in [1.29, 1.82) is 0 Å². The zero-order chi connectivity index (χ0) is 13.1. The molecule has 0 saturated carbocycles. The van der Waals surface area contributed by atoms with Crippen LogP contribution in [0.25, 0.3) is 0 Å². The van der Waals surface area contributed by atoms with E-state index in [0.717, 1.165) is 24.3 Å². The molecule has 2 rings (SSSR count). The third-order valence-electron chi connectivity index (χ3n) is 3.13. The summed E-state index contributed by atoms with van der Waals surface area (Å²) in [4.78, 5) is 0. The Morgan fingerprint density at radius 3 is 2.94 bits per heavy atom. The summed E-state index contributed by atoms with van der Waals surface area (Å²) < 4.78 is 16.8. The van der Waals surface area contributed by atoms with E-state index in [-0.39, 0.29) is 6.10 Å². The first-order valence-corrected chi connectivity index (χ1v) is 8.13. The molecule has 0 unspecified atom stereocenters. The minimum Gasteiger partial charge on any atom is -0.380 e. The molecule has 1 aliphatic heterocycles. The molecule has 1 fully saturated rings. The van der Waals surface area contributed by atoms with Crippen molar-refractivity contribution in [2.75, 3.05) is 18.2 Å². The van der Waals surface area contributed by atoms with Crippen LogP contribution >= 0.6 is 11.6 Å². The molecule has 1 heterocycles. The zero-order valence-electron chi connectivity index (χ0n) is 10.6. The third kappa shape index (κ3) is 3.46. The first-order valence-electron chi connectivity index (χ1n) is 6.03. The van der Waals surface area contributed by atoms with E-state index in [0.29, 0.717) is 16.8 Å². The lowest BCUT2D eigenvalue weighted by Gasteiger charge is -2.18. The van der Waals surface area contributed by atoms with Crippen LogP contribution < -0.4 is 5.32 Å². The molecule has 0 radical (unpaired) electrons. The fraction of sp³-hybridized carbons (Fsp3) is 0.538. The normalized spacial score (nSPS) is 25.1. The van der Waals surface area contributed by atoms with Gasteiger partial charge in [-0.1, -0.05) is 11.6 Å². The van der Waals surface area contributed by atoms with Gasteiger partial charge in [0.25, 0.3) is 0 Å². The fourth-order valence-corrected chi connectivity index (χ4v) is 3.07. The summed E-state index contributed by atoms with van der Waals surface area (Å²) in [6, 6.07) is 6.13. The van der Waals surface area contributed by atoms with E-state index in [4.69, 9.17) is 16.3 Å². The number of benzene rings is 1. The van der Waals surface area contributed by atoms with Crippen LogP contribution in [-0.2, 0) is 21.3 Å². The van der Waals surface area contributed by atoms with Gasteiger partial charge in [-0.15, -0.1) is 0 Å². The maximum Gasteiger partial charge on any atom is 0.0748 e. The molecule has 5 heteroatoms. The highest BCUT2D eigenvalue weighted by atomic mass is 35.5. The fourth-order valence-electron chi connectivity index (χ4n) is 2.13. The highest BCUT2D eigenvalue weighted by molar-refractivity contribution is 7.83. The molecular formula is C13H18ClNO2S. The highest BCUT2D eigenvalue weighted by Crippen LogP contribution is 2.24. The van der Waals surface area contributed by atoms with Gasteiger partial charge in [0, 0.05) is 40.1 Å². The van der Waals surface area contributed by atoms with Crippen LogP contribution in [-0.4, -0.2) is 29.2 Å². The average Bonchev–Trinajstić information content (AvgIpc) is 2.69. The van der Waals surface area contributed by atoms with E-state index in [9.17, 15) is 4.21 Å². The Balaban J connectivity index is 2.11. The smallest absolute Gasteiger partial charge is 0.0748 e. The molecule has 0 aliphatic carbocycles. The third-order valence-corrected chi connectivity index (χ3v) is 4.22. The quantitative estimate of drug-likeness (QED) is 0.925. The van der Waals surface area contributed by atoms with Gasteiger partial charge in [0.2, 0.25) is 0 Å². The topological polar surface area (TPSA) is 38.3 Å². The maximum atomic E-state index is 11.3. The molecule has 0 bridgehead atoms. The van der Waals surface area contributed by atoms with Gasteiger partial charge in [0.05, 0.1) is 12.1 Å². The number of nitrogens with one attached hydrogen (secondary N) is 1. The highest BCUT2D eigenvalue weighted by Gasteiger charge is 2.23. The van der Waals surface area contributed by atoms with Gasteiger partial charge in [-0.2, -0.15) is 0 Å². The number of anilines is 1. The van der Waals surface area contributed by atoms with Crippen LogP contribution in [0, 0.1) is 0 Å². The Labute approximate surface area is 115 Å². The largest absolute Gasteiger partial charge is 0.380 e. The molecule has 3 nitrogen and oxygen atoms in total. The summed E-state index contributed by atoms with van der Waals surface area (Å²) in [5, 5.41) is 4.12. The molecule has 18 heavy (non-hydrogen) atoms. The lowest BCUT2D eigenvalue weighted by atomic mass is 10.1. The van der Waals surface area contributed by atoms with Gasteiger partial charge in [-0.25, -0.2) is 0 Å². The van der Waals surface area contributed by atoms with E-state index in [1.165, 1.54) is 0 Å². The van der Waals surface area contributed by atoms with Crippen molar-refractivity contribution >= 4 is 28.1 Å². The number of rotatable bonds is 4. The van der Waals surface area contributed by atoms with Crippen LogP contribution in [0.3, 0.4) is 0 Å². The predicted octanol–water partition coefficient (Wildman–Crippen LogP) is 2.81. The minimum absolute atomic E-state index is 0.226. The van der Waals surface area contributed by atoms with E-state index >= 15 is 0 Å². The molecule has 0 aromatic heterocycles. The van der Waals surface area contributed by atoms with E-state index < -0.39 is 10.8 Å². The number of ether oxygens (including phenoxy) is 1. The average molecular weight is 288 g/mol. The molecule has 1 aromatic rings. The second-order valence-electron chi connectivity index (χ2n) is 4.64. The van der Waals surface area contributed by atoms with E-state index in [2.05, 4.69) is 12.2 Å². The second-order valence-corrected chi connectivity index (χ2v) is 6.48. The van der Waals surface area contributed by atoms with Gasteiger partial charge in [0.15, 0.2) is 0 Å². The molecule has 100 valence electrons. The first kappa shape index (κ1) is 13.8. The van der Waals surface area contributed by atoms with Crippen LogP contribution in [0.1, 0.15) is 18.9 Å². The molecule has 1 aromatic carbocycles. The predicted molar refractivity (Wildman–Crippen MR) is 76.7 cm³/mol. The summed E-state index contributed by atoms with van der Waals surface area (Å²) in [6.45, 7) is 2.88. The van der Waals surface area contributed by atoms with Crippen LogP contribution in [0.4, 0.5) is 5.69 Å². The van der Waals surface area contributed by atoms with Crippen molar-refractivity contribution in [2.24, 2.45) is 0 Å². The summed E-state index contributed by atoms with van der Waals surface area (Å²) in [5.74, 6) is 0.491. The number of hydrogen-bond donors (Lipinski definition) is 1.